The average molecular weight is 254 g/mol. The van der Waals surface area contributed by atoms with Crippen LogP contribution in [0, 0.1) is 11.3 Å². The molecule has 0 aromatic heterocycles. The van der Waals surface area contributed by atoms with E-state index in [1.807, 2.05) is 0 Å². The maximum Gasteiger partial charge on any atom is 0.00903 e. The van der Waals surface area contributed by atoms with E-state index in [4.69, 9.17) is 0 Å². The second kappa shape index (κ2) is 7.49. The molecule has 0 aromatic carbocycles. The topological polar surface area (TPSA) is 15.3 Å². The Kier molecular flexibility index (Phi) is 6.65. The first-order valence-corrected chi connectivity index (χ1v) is 8.01. The molecule has 1 aliphatic rings. The Morgan fingerprint density at radius 3 is 2.22 bits per heavy atom. The molecular formula is C16H34N2. The lowest BCUT2D eigenvalue weighted by atomic mass is 9.83. The van der Waals surface area contributed by atoms with Gasteiger partial charge in [-0.2, -0.15) is 0 Å². The van der Waals surface area contributed by atoms with Crippen molar-refractivity contribution >= 4 is 0 Å². The molecule has 1 saturated heterocycles. The number of rotatable bonds is 8. The van der Waals surface area contributed by atoms with E-state index in [1.54, 1.807) is 0 Å². The van der Waals surface area contributed by atoms with Crippen molar-refractivity contribution in [2.75, 3.05) is 26.2 Å². The molecule has 1 heterocycles. The molecule has 1 fully saturated rings. The van der Waals surface area contributed by atoms with E-state index in [-0.39, 0.29) is 0 Å². The summed E-state index contributed by atoms with van der Waals surface area (Å²) in [6, 6.07) is 0.774. The van der Waals surface area contributed by atoms with Crippen LogP contribution in [0.3, 0.4) is 0 Å². The maximum absolute atomic E-state index is 3.57. The van der Waals surface area contributed by atoms with Gasteiger partial charge < -0.3 is 5.32 Å². The molecule has 1 N–H and O–H groups in total. The summed E-state index contributed by atoms with van der Waals surface area (Å²) in [5, 5.41) is 3.57. The molecular weight excluding hydrogens is 220 g/mol. The molecule has 0 spiro atoms. The Labute approximate surface area is 115 Å². The fourth-order valence-corrected chi connectivity index (χ4v) is 3.39. The van der Waals surface area contributed by atoms with Crippen molar-refractivity contribution in [2.24, 2.45) is 11.3 Å². The van der Waals surface area contributed by atoms with Crippen LogP contribution in [0.5, 0.6) is 0 Å². The largest absolute Gasteiger partial charge is 0.316 e. The predicted molar refractivity (Wildman–Crippen MR) is 81.0 cm³/mol. The zero-order valence-corrected chi connectivity index (χ0v) is 13.3. The van der Waals surface area contributed by atoms with Crippen molar-refractivity contribution in [3.05, 3.63) is 0 Å². The number of hydrogen-bond donors (Lipinski definition) is 1. The molecule has 1 rings (SSSR count). The second-order valence-electron chi connectivity index (χ2n) is 6.57. The van der Waals surface area contributed by atoms with Crippen molar-refractivity contribution in [1.29, 1.82) is 0 Å². The predicted octanol–water partition coefficient (Wildman–Crippen LogP) is 3.52. The van der Waals surface area contributed by atoms with Gasteiger partial charge in [0, 0.05) is 25.7 Å². The molecule has 2 nitrogen and oxygen atoms in total. The normalized spacial score (nSPS) is 24.7. The lowest BCUT2D eigenvalue weighted by Crippen LogP contribution is -2.45. The second-order valence-corrected chi connectivity index (χ2v) is 6.57. The third kappa shape index (κ3) is 4.24. The quantitative estimate of drug-likeness (QED) is 0.713. The zero-order valence-electron chi connectivity index (χ0n) is 13.3. The highest BCUT2D eigenvalue weighted by Crippen LogP contribution is 2.32. The van der Waals surface area contributed by atoms with Crippen LogP contribution in [-0.4, -0.2) is 37.1 Å². The van der Waals surface area contributed by atoms with Gasteiger partial charge in [0.05, 0.1) is 0 Å². The summed E-state index contributed by atoms with van der Waals surface area (Å²) in [4.78, 5) is 2.78. The van der Waals surface area contributed by atoms with E-state index >= 15 is 0 Å². The summed E-state index contributed by atoms with van der Waals surface area (Å²) in [6.45, 7) is 16.7. The Hall–Kier alpha value is -0.0800. The van der Waals surface area contributed by atoms with Crippen LogP contribution in [0.4, 0.5) is 0 Å². The monoisotopic (exact) mass is 254 g/mol. The highest BCUT2D eigenvalue weighted by Gasteiger charge is 2.35. The van der Waals surface area contributed by atoms with Crippen molar-refractivity contribution in [2.45, 2.75) is 66.3 Å². The first-order valence-electron chi connectivity index (χ1n) is 8.01. The molecule has 0 amide bonds. The summed E-state index contributed by atoms with van der Waals surface area (Å²) in [5.41, 5.74) is 0.539. The lowest BCUT2D eigenvalue weighted by molar-refractivity contribution is 0.0970. The lowest BCUT2D eigenvalue weighted by Gasteiger charge is -2.39. The van der Waals surface area contributed by atoms with Gasteiger partial charge in [-0.1, -0.05) is 34.6 Å². The average Bonchev–Trinajstić information content (AvgIpc) is 2.79. The molecule has 18 heavy (non-hydrogen) atoms. The van der Waals surface area contributed by atoms with Gasteiger partial charge in [-0.15, -0.1) is 0 Å². The highest BCUT2D eigenvalue weighted by molar-refractivity contribution is 4.90. The maximum atomic E-state index is 3.57. The van der Waals surface area contributed by atoms with Crippen LogP contribution in [0.2, 0.25) is 0 Å². The zero-order chi connectivity index (χ0) is 13.6. The van der Waals surface area contributed by atoms with Gasteiger partial charge in [0.25, 0.3) is 0 Å². The van der Waals surface area contributed by atoms with Crippen LogP contribution in [0.1, 0.15) is 60.3 Å². The summed E-state index contributed by atoms with van der Waals surface area (Å²) in [5.74, 6) is 0.772. The van der Waals surface area contributed by atoms with Crippen LogP contribution in [0.15, 0.2) is 0 Å². The molecule has 0 radical (unpaired) electrons. The number of hydrogen-bond acceptors (Lipinski definition) is 2. The number of nitrogens with one attached hydrogen (secondary N) is 1. The fourth-order valence-electron chi connectivity index (χ4n) is 3.39. The highest BCUT2D eigenvalue weighted by atomic mass is 15.2. The molecule has 1 aliphatic heterocycles. The van der Waals surface area contributed by atoms with Gasteiger partial charge in [-0.25, -0.2) is 0 Å². The summed E-state index contributed by atoms with van der Waals surface area (Å²) in [7, 11) is 0. The Bertz CT molecular complexity index is 215. The van der Waals surface area contributed by atoms with E-state index in [9.17, 15) is 0 Å². The van der Waals surface area contributed by atoms with E-state index in [2.05, 4.69) is 44.8 Å². The third-order valence-electron chi connectivity index (χ3n) is 4.68. The number of nitrogens with zero attached hydrogens (tertiary/aromatic N) is 1. The minimum Gasteiger partial charge on any atom is -0.316 e. The van der Waals surface area contributed by atoms with Crippen LogP contribution in [0.25, 0.3) is 0 Å². The summed E-state index contributed by atoms with van der Waals surface area (Å²) < 4.78 is 0. The molecule has 0 aliphatic carbocycles. The molecule has 0 aromatic rings. The van der Waals surface area contributed by atoms with Gasteiger partial charge in [-0.3, -0.25) is 4.90 Å². The van der Waals surface area contributed by atoms with E-state index < -0.39 is 0 Å². The van der Waals surface area contributed by atoms with Crippen molar-refractivity contribution in [3.63, 3.8) is 0 Å². The van der Waals surface area contributed by atoms with Gasteiger partial charge >= 0.3 is 0 Å². The fraction of sp³-hybridized carbons (Fsp3) is 1.00. The van der Waals surface area contributed by atoms with Crippen LogP contribution >= 0.6 is 0 Å². The SMILES string of the molecule is CCC(CC)N(CC(C)C)CC1(CC)CCNC1. The van der Waals surface area contributed by atoms with Crippen LogP contribution < -0.4 is 5.32 Å². The van der Waals surface area contributed by atoms with Crippen LogP contribution in [-0.2, 0) is 0 Å². The first-order chi connectivity index (χ1) is 8.56. The molecule has 1 unspecified atom stereocenters. The van der Waals surface area contributed by atoms with Gasteiger partial charge in [0.1, 0.15) is 0 Å². The first kappa shape index (κ1) is 16.0. The smallest absolute Gasteiger partial charge is 0.00903 e. The van der Waals surface area contributed by atoms with Gasteiger partial charge in [0.2, 0.25) is 0 Å². The Balaban J connectivity index is 2.69. The third-order valence-corrected chi connectivity index (χ3v) is 4.68. The standard InChI is InChI=1S/C16H34N2/c1-6-15(7-2)18(11-14(4)5)13-16(8-3)9-10-17-12-16/h14-15,17H,6-13H2,1-5H3. The summed E-state index contributed by atoms with van der Waals surface area (Å²) >= 11 is 0. The van der Waals surface area contributed by atoms with Crippen molar-refractivity contribution in [3.8, 4) is 0 Å². The van der Waals surface area contributed by atoms with E-state index in [0.717, 1.165) is 12.0 Å². The molecule has 0 bridgehead atoms. The molecule has 2 heteroatoms. The molecule has 1 atom stereocenters. The minimum atomic E-state index is 0.539. The summed E-state index contributed by atoms with van der Waals surface area (Å²) in [6.07, 6.45) is 5.25. The van der Waals surface area contributed by atoms with Gasteiger partial charge in [0.15, 0.2) is 0 Å². The van der Waals surface area contributed by atoms with Crippen molar-refractivity contribution in [1.82, 2.24) is 10.2 Å². The molecule has 0 saturated carbocycles. The Morgan fingerprint density at radius 2 is 1.83 bits per heavy atom. The Morgan fingerprint density at radius 1 is 1.17 bits per heavy atom. The van der Waals surface area contributed by atoms with E-state index in [1.165, 1.54) is 51.9 Å². The van der Waals surface area contributed by atoms with Crippen molar-refractivity contribution < 1.29 is 0 Å². The van der Waals surface area contributed by atoms with E-state index in [0.29, 0.717) is 5.41 Å². The minimum absolute atomic E-state index is 0.539. The molecule has 108 valence electrons. The van der Waals surface area contributed by atoms with Gasteiger partial charge in [-0.05, 0) is 43.6 Å².